The van der Waals surface area contributed by atoms with Crippen molar-refractivity contribution in [1.29, 1.82) is 0 Å². The number of ether oxygens (including phenoxy) is 1. The number of terminal acetylenes is 1. The fourth-order valence-corrected chi connectivity index (χ4v) is 3.96. The molecule has 0 aromatic heterocycles. The van der Waals surface area contributed by atoms with Crippen molar-refractivity contribution in [3.05, 3.63) is 0 Å². The van der Waals surface area contributed by atoms with Crippen LogP contribution in [-0.4, -0.2) is 128 Å². The second-order valence-corrected chi connectivity index (χ2v) is 9.67. The van der Waals surface area contributed by atoms with Crippen molar-refractivity contribution in [3.8, 4) is 12.3 Å². The van der Waals surface area contributed by atoms with Gasteiger partial charge in [-0.2, -0.15) is 5.26 Å². The summed E-state index contributed by atoms with van der Waals surface area (Å²) in [6, 6.07) is 0. The minimum absolute atomic E-state index is 0.0391. The minimum Gasteiger partial charge on any atom is -0.341 e. The van der Waals surface area contributed by atoms with Crippen molar-refractivity contribution in [2.75, 3.05) is 32.7 Å². The van der Waals surface area contributed by atoms with Gasteiger partial charge in [-0.3, -0.25) is 38.4 Å². The van der Waals surface area contributed by atoms with E-state index in [0.29, 0.717) is 9.96 Å². The molecule has 2 rings (SSSR count). The first-order valence-electron chi connectivity index (χ1n) is 13.7. The third kappa shape index (κ3) is 10.3. The molecule has 0 aromatic rings. The molecule has 0 spiro atoms. The van der Waals surface area contributed by atoms with Gasteiger partial charge in [0.25, 0.3) is 35.4 Å². The number of imide groups is 3. The van der Waals surface area contributed by atoms with E-state index in [-0.39, 0.29) is 42.3 Å². The van der Waals surface area contributed by atoms with Crippen LogP contribution in [0.1, 0.15) is 46.0 Å². The first-order chi connectivity index (χ1) is 22.1. The SMILES string of the molecule is C#CC(=O)N(CC(=O)N(CC)CCC(=O)ON1C(=O)CC(C)C1=O)CC(=O)N(CCC(=O)ON1C(=O)CCC1=O)C(=O)OC(=O)OO. The zero-order valence-corrected chi connectivity index (χ0v) is 25.0. The molecule has 2 fully saturated rings. The van der Waals surface area contributed by atoms with Crippen molar-refractivity contribution < 1.29 is 77.3 Å². The molecule has 2 saturated heterocycles. The van der Waals surface area contributed by atoms with E-state index >= 15 is 0 Å². The zero-order chi connectivity index (χ0) is 35.4. The van der Waals surface area contributed by atoms with E-state index in [2.05, 4.69) is 14.5 Å². The molecule has 0 saturated carbocycles. The van der Waals surface area contributed by atoms with Crippen molar-refractivity contribution in [3.63, 3.8) is 0 Å². The standard InChI is InChI=1S/C26H29N5O16/c1-4-16(32)28(13-20(36)27(5-2)10-8-22(38)46-31-19(35)12-15(3)24(31)40)14-21(37)29(25(41)44-26(42)47-43)11-9-23(39)45-30-17(33)6-7-18(30)34/h1,15,43H,5-14H2,2-3H3. The van der Waals surface area contributed by atoms with Gasteiger partial charge in [0.2, 0.25) is 5.91 Å². The number of amides is 8. The Morgan fingerprint density at radius 2 is 1.40 bits per heavy atom. The highest BCUT2D eigenvalue weighted by atomic mass is 17.1. The van der Waals surface area contributed by atoms with Crippen LogP contribution in [0.25, 0.3) is 0 Å². The third-order valence-electron chi connectivity index (χ3n) is 6.41. The maximum absolute atomic E-state index is 13.1. The molecule has 0 aliphatic carbocycles. The number of rotatable bonds is 13. The van der Waals surface area contributed by atoms with Crippen LogP contribution in [0.15, 0.2) is 0 Å². The Hall–Kier alpha value is -5.91. The molecule has 8 amide bonds. The maximum atomic E-state index is 13.1. The lowest BCUT2D eigenvalue weighted by Crippen LogP contribution is -2.49. The summed E-state index contributed by atoms with van der Waals surface area (Å²) < 4.78 is 4.08. The molecule has 2 heterocycles. The minimum atomic E-state index is -1.99. The summed E-state index contributed by atoms with van der Waals surface area (Å²) in [5, 5.41) is 8.92. The van der Waals surface area contributed by atoms with Crippen LogP contribution in [0.2, 0.25) is 0 Å². The largest absolute Gasteiger partial charge is 0.549 e. The van der Waals surface area contributed by atoms with E-state index in [1.807, 2.05) is 0 Å². The summed E-state index contributed by atoms with van der Waals surface area (Å²) >= 11 is 0. The highest BCUT2D eigenvalue weighted by Crippen LogP contribution is 2.19. The lowest BCUT2D eigenvalue weighted by atomic mass is 10.1. The Kier molecular flexibility index (Phi) is 13.5. The highest BCUT2D eigenvalue weighted by molar-refractivity contribution is 6.04. The number of hydrogen-bond acceptors (Lipinski definition) is 16. The monoisotopic (exact) mass is 667 g/mol. The normalized spacial score (nSPS) is 15.5. The molecule has 254 valence electrons. The molecule has 1 N–H and O–H groups in total. The Balaban J connectivity index is 2.09. The van der Waals surface area contributed by atoms with Gasteiger partial charge in [-0.1, -0.05) is 6.92 Å². The molecule has 0 aromatic carbocycles. The summed E-state index contributed by atoms with van der Waals surface area (Å²) in [5.74, 6) is -7.82. The van der Waals surface area contributed by atoms with Gasteiger partial charge < -0.3 is 24.2 Å². The summed E-state index contributed by atoms with van der Waals surface area (Å²) in [4.78, 5) is 148. The molecular weight excluding hydrogens is 638 g/mol. The third-order valence-corrected chi connectivity index (χ3v) is 6.41. The van der Waals surface area contributed by atoms with Gasteiger partial charge in [0.1, 0.15) is 13.1 Å². The molecule has 21 heteroatoms. The molecule has 0 radical (unpaired) electrons. The van der Waals surface area contributed by atoms with E-state index in [0.717, 1.165) is 4.90 Å². The fourth-order valence-electron chi connectivity index (χ4n) is 3.96. The van der Waals surface area contributed by atoms with Gasteiger partial charge in [0.15, 0.2) is 0 Å². The quantitative estimate of drug-likeness (QED) is 0.0562. The molecule has 2 aliphatic rings. The first-order valence-corrected chi connectivity index (χ1v) is 13.7. The van der Waals surface area contributed by atoms with Crippen LogP contribution in [0.5, 0.6) is 0 Å². The molecule has 47 heavy (non-hydrogen) atoms. The topological polar surface area (TPSA) is 261 Å². The van der Waals surface area contributed by atoms with Crippen LogP contribution in [0, 0.1) is 18.3 Å². The average Bonchev–Trinajstić information content (AvgIpc) is 3.46. The number of likely N-dealkylation sites (N-methyl/N-ethyl adjacent to an activating group) is 1. The van der Waals surface area contributed by atoms with E-state index in [1.54, 1.807) is 5.92 Å². The number of hydroxylamine groups is 4. The Morgan fingerprint density at radius 1 is 0.851 bits per heavy atom. The predicted octanol–water partition coefficient (Wildman–Crippen LogP) is -1.89. The van der Waals surface area contributed by atoms with E-state index in [4.69, 9.17) is 16.5 Å². The van der Waals surface area contributed by atoms with Crippen molar-refractivity contribution in [2.24, 2.45) is 5.92 Å². The summed E-state index contributed by atoms with van der Waals surface area (Å²) in [7, 11) is 0. The van der Waals surface area contributed by atoms with Gasteiger partial charge in [0.05, 0.1) is 12.8 Å². The van der Waals surface area contributed by atoms with E-state index in [1.165, 1.54) is 13.8 Å². The molecule has 1 atom stereocenters. The Bertz CT molecular complexity index is 1390. The summed E-state index contributed by atoms with van der Waals surface area (Å²) in [5.41, 5.74) is 0. The number of nitrogens with zero attached hydrogens (tertiary/aromatic N) is 5. The Morgan fingerprint density at radius 3 is 1.91 bits per heavy atom. The van der Waals surface area contributed by atoms with Gasteiger partial charge in [-0.15, -0.1) is 16.5 Å². The van der Waals surface area contributed by atoms with Crippen LogP contribution in [-0.2, 0) is 62.5 Å². The zero-order valence-electron chi connectivity index (χ0n) is 25.0. The van der Waals surface area contributed by atoms with Crippen molar-refractivity contribution in [1.82, 2.24) is 24.8 Å². The second kappa shape index (κ2) is 17.0. The second-order valence-electron chi connectivity index (χ2n) is 9.67. The Labute approximate surface area is 265 Å². The van der Waals surface area contributed by atoms with Gasteiger partial charge in [-0.25, -0.2) is 24.1 Å². The van der Waals surface area contributed by atoms with Crippen LogP contribution >= 0.6 is 0 Å². The average molecular weight is 668 g/mol. The van der Waals surface area contributed by atoms with Crippen LogP contribution in [0.3, 0.4) is 0 Å². The molecule has 1 unspecified atom stereocenters. The number of hydrogen-bond donors (Lipinski definition) is 1. The predicted molar refractivity (Wildman–Crippen MR) is 143 cm³/mol. The van der Waals surface area contributed by atoms with Crippen LogP contribution < -0.4 is 0 Å². The lowest BCUT2D eigenvalue weighted by molar-refractivity contribution is -0.198. The number of carbonyl (C=O) groups excluding carboxylic acids is 11. The van der Waals surface area contributed by atoms with E-state index in [9.17, 15) is 52.7 Å². The summed E-state index contributed by atoms with van der Waals surface area (Å²) in [6.07, 6.45) is -0.594. The van der Waals surface area contributed by atoms with E-state index < -0.39 is 104 Å². The highest BCUT2D eigenvalue weighted by Gasteiger charge is 2.39. The first kappa shape index (κ1) is 37.3. The molecule has 0 bridgehead atoms. The van der Waals surface area contributed by atoms with Crippen LogP contribution in [0.4, 0.5) is 9.59 Å². The van der Waals surface area contributed by atoms with Gasteiger partial charge >= 0.3 is 24.2 Å². The molecule has 21 nitrogen and oxygen atoms in total. The van der Waals surface area contributed by atoms with Crippen molar-refractivity contribution in [2.45, 2.75) is 46.0 Å². The summed E-state index contributed by atoms with van der Waals surface area (Å²) in [6.45, 7) is -0.325. The van der Waals surface area contributed by atoms with Gasteiger partial charge in [-0.05, 0) is 12.8 Å². The van der Waals surface area contributed by atoms with Crippen molar-refractivity contribution >= 4 is 65.5 Å². The van der Waals surface area contributed by atoms with Gasteiger partial charge in [0, 0.05) is 44.8 Å². The molecule has 2 aliphatic heterocycles. The molecular formula is C26H29N5O16. The fraction of sp³-hybridized carbons (Fsp3) is 0.500. The number of carbonyl (C=O) groups is 11. The maximum Gasteiger partial charge on any atom is 0.549 e. The smallest absolute Gasteiger partial charge is 0.341 e. The lowest BCUT2D eigenvalue weighted by Gasteiger charge is -2.27.